The summed E-state index contributed by atoms with van der Waals surface area (Å²) < 4.78 is 7.46. The molecule has 2 bridgehead atoms. The summed E-state index contributed by atoms with van der Waals surface area (Å²) in [5, 5.41) is 0. The quantitative estimate of drug-likeness (QED) is 0.895. The zero-order valence-corrected chi connectivity index (χ0v) is 12.7. The topological polar surface area (TPSA) is 42.4 Å². The second kappa shape index (κ2) is 4.68. The van der Waals surface area contributed by atoms with Gasteiger partial charge in [0.15, 0.2) is 4.67 Å². The lowest BCUT2D eigenvalue weighted by atomic mass is 10.1. The average molecular weight is 364 g/mol. The predicted octanol–water partition coefficient (Wildman–Crippen LogP) is 3.29. The SMILES string of the molecule is NCC(c1cc(Br)c(Br)o1)N1CC2CCC1C2. The molecule has 3 rings (SSSR count). The standard InChI is InChI=1S/C12H16Br2N2O/c13-9-4-11(17-12(9)14)10(5-15)16-6-7-1-2-8(16)3-7/h4,7-8,10H,1-3,5-6,15H2. The molecule has 1 aliphatic carbocycles. The van der Waals surface area contributed by atoms with Crippen molar-refractivity contribution in [2.45, 2.75) is 31.3 Å². The maximum Gasteiger partial charge on any atom is 0.183 e. The number of rotatable bonds is 3. The van der Waals surface area contributed by atoms with Gasteiger partial charge in [-0.05, 0) is 63.1 Å². The summed E-state index contributed by atoms with van der Waals surface area (Å²) in [6.45, 7) is 1.80. The van der Waals surface area contributed by atoms with Gasteiger partial charge in [0.25, 0.3) is 0 Å². The number of piperidine rings is 1. The normalized spacial score (nSPS) is 30.1. The molecular formula is C12H16Br2N2O. The van der Waals surface area contributed by atoms with Crippen molar-refractivity contribution in [1.82, 2.24) is 4.90 Å². The minimum atomic E-state index is 0.230. The van der Waals surface area contributed by atoms with Crippen LogP contribution in [0.2, 0.25) is 0 Å². The smallest absolute Gasteiger partial charge is 0.183 e. The van der Waals surface area contributed by atoms with Crippen molar-refractivity contribution in [1.29, 1.82) is 0 Å². The van der Waals surface area contributed by atoms with Crippen LogP contribution in [0.25, 0.3) is 0 Å². The third kappa shape index (κ3) is 2.11. The lowest BCUT2D eigenvalue weighted by Crippen LogP contribution is -2.39. The first kappa shape index (κ1) is 12.2. The van der Waals surface area contributed by atoms with E-state index in [-0.39, 0.29) is 6.04 Å². The Hall–Kier alpha value is 0.160. The van der Waals surface area contributed by atoms with E-state index in [0.717, 1.165) is 26.9 Å². The lowest BCUT2D eigenvalue weighted by molar-refractivity contribution is 0.135. The monoisotopic (exact) mass is 362 g/mol. The van der Waals surface area contributed by atoms with Crippen molar-refractivity contribution in [3.63, 3.8) is 0 Å². The molecule has 3 atom stereocenters. The number of hydrogen-bond acceptors (Lipinski definition) is 3. The Morgan fingerprint density at radius 3 is 2.76 bits per heavy atom. The molecule has 94 valence electrons. The van der Waals surface area contributed by atoms with Crippen molar-refractivity contribution in [2.75, 3.05) is 13.1 Å². The number of nitrogens with two attached hydrogens (primary N) is 1. The Morgan fingerprint density at radius 1 is 1.47 bits per heavy atom. The fourth-order valence-electron chi connectivity index (χ4n) is 3.29. The van der Waals surface area contributed by atoms with Crippen LogP contribution in [-0.4, -0.2) is 24.0 Å². The van der Waals surface area contributed by atoms with Crippen LogP contribution < -0.4 is 5.73 Å². The van der Waals surface area contributed by atoms with Crippen LogP contribution in [0.15, 0.2) is 19.6 Å². The maximum atomic E-state index is 5.94. The van der Waals surface area contributed by atoms with Crippen LogP contribution in [0.5, 0.6) is 0 Å². The van der Waals surface area contributed by atoms with Gasteiger partial charge in [-0.2, -0.15) is 0 Å². The Morgan fingerprint density at radius 2 is 2.29 bits per heavy atom. The number of hydrogen-bond donors (Lipinski definition) is 1. The average Bonchev–Trinajstić information content (AvgIpc) is 2.98. The molecule has 0 amide bonds. The molecule has 1 saturated heterocycles. The van der Waals surface area contributed by atoms with E-state index in [2.05, 4.69) is 36.8 Å². The van der Waals surface area contributed by atoms with Gasteiger partial charge < -0.3 is 10.2 Å². The molecule has 0 radical (unpaired) electrons. The van der Waals surface area contributed by atoms with Crippen LogP contribution in [0.4, 0.5) is 0 Å². The molecule has 17 heavy (non-hydrogen) atoms. The van der Waals surface area contributed by atoms with Crippen molar-refractivity contribution in [3.8, 4) is 0 Å². The van der Waals surface area contributed by atoms with Crippen LogP contribution in [0, 0.1) is 5.92 Å². The molecule has 3 unspecified atom stereocenters. The minimum absolute atomic E-state index is 0.230. The number of fused-ring (bicyclic) bond motifs is 2. The van der Waals surface area contributed by atoms with E-state index in [9.17, 15) is 0 Å². The van der Waals surface area contributed by atoms with Gasteiger partial charge in [-0.25, -0.2) is 0 Å². The van der Waals surface area contributed by atoms with Gasteiger partial charge in [0.1, 0.15) is 5.76 Å². The van der Waals surface area contributed by atoms with Crippen molar-refractivity contribution in [3.05, 3.63) is 21.0 Å². The molecule has 0 spiro atoms. The molecule has 1 aromatic rings. The van der Waals surface area contributed by atoms with Gasteiger partial charge in [-0.15, -0.1) is 0 Å². The second-order valence-corrected chi connectivity index (χ2v) is 6.63. The van der Waals surface area contributed by atoms with Crippen LogP contribution in [-0.2, 0) is 0 Å². The van der Waals surface area contributed by atoms with Crippen LogP contribution in [0.1, 0.15) is 31.1 Å². The maximum absolute atomic E-state index is 5.94. The Kier molecular flexibility index (Phi) is 3.36. The third-order valence-corrected chi connectivity index (χ3v) is 5.78. The summed E-state index contributed by atoms with van der Waals surface area (Å²) in [6.07, 6.45) is 4.06. The molecule has 2 aliphatic rings. The fourth-order valence-corrected chi connectivity index (χ4v) is 3.89. The van der Waals surface area contributed by atoms with E-state index in [1.165, 1.54) is 25.8 Å². The Labute approximate surface area is 118 Å². The number of furan rings is 1. The summed E-state index contributed by atoms with van der Waals surface area (Å²) >= 11 is 6.85. The molecule has 5 heteroatoms. The molecular weight excluding hydrogens is 348 g/mol. The summed E-state index contributed by atoms with van der Waals surface area (Å²) in [6, 6.07) is 2.98. The largest absolute Gasteiger partial charge is 0.451 e. The molecule has 1 aliphatic heterocycles. The number of nitrogens with zero attached hydrogens (tertiary/aromatic N) is 1. The Balaban J connectivity index is 1.84. The van der Waals surface area contributed by atoms with Gasteiger partial charge in [0.2, 0.25) is 0 Å². The second-order valence-electron chi connectivity index (χ2n) is 5.05. The first-order valence-corrected chi connectivity index (χ1v) is 7.68. The number of likely N-dealkylation sites (tertiary alicyclic amines) is 1. The highest BCUT2D eigenvalue weighted by Crippen LogP contribution is 2.43. The highest BCUT2D eigenvalue weighted by atomic mass is 79.9. The molecule has 2 heterocycles. The highest BCUT2D eigenvalue weighted by Gasteiger charge is 2.41. The Bertz CT molecular complexity index is 401. The summed E-state index contributed by atoms with van der Waals surface area (Å²) in [4.78, 5) is 2.53. The molecule has 1 saturated carbocycles. The van der Waals surface area contributed by atoms with Crippen molar-refractivity contribution in [2.24, 2.45) is 11.7 Å². The fraction of sp³-hybridized carbons (Fsp3) is 0.667. The molecule has 3 nitrogen and oxygen atoms in total. The predicted molar refractivity (Wildman–Crippen MR) is 73.7 cm³/mol. The van der Waals surface area contributed by atoms with Crippen molar-refractivity contribution < 1.29 is 4.42 Å². The first-order chi connectivity index (χ1) is 8.19. The van der Waals surface area contributed by atoms with Crippen molar-refractivity contribution >= 4 is 31.9 Å². The van der Waals surface area contributed by atoms with Gasteiger partial charge in [-0.3, -0.25) is 4.90 Å². The van der Waals surface area contributed by atoms with E-state index < -0.39 is 0 Å². The number of halogens is 2. The van der Waals surface area contributed by atoms with E-state index >= 15 is 0 Å². The van der Waals surface area contributed by atoms with Gasteiger partial charge in [0.05, 0.1) is 10.5 Å². The summed E-state index contributed by atoms with van der Waals surface area (Å²) in [7, 11) is 0. The summed E-state index contributed by atoms with van der Waals surface area (Å²) in [5.41, 5.74) is 5.94. The van der Waals surface area contributed by atoms with E-state index in [4.69, 9.17) is 10.2 Å². The molecule has 2 fully saturated rings. The minimum Gasteiger partial charge on any atom is -0.451 e. The lowest BCUT2D eigenvalue weighted by Gasteiger charge is -2.32. The zero-order chi connectivity index (χ0) is 12.0. The third-order valence-electron chi connectivity index (χ3n) is 4.07. The van der Waals surface area contributed by atoms with Gasteiger partial charge in [-0.1, -0.05) is 0 Å². The van der Waals surface area contributed by atoms with Crippen LogP contribution in [0.3, 0.4) is 0 Å². The highest BCUT2D eigenvalue weighted by molar-refractivity contribution is 9.13. The molecule has 1 aromatic heterocycles. The molecule has 2 N–H and O–H groups in total. The zero-order valence-electron chi connectivity index (χ0n) is 9.53. The van der Waals surface area contributed by atoms with E-state index in [0.29, 0.717) is 6.54 Å². The van der Waals surface area contributed by atoms with E-state index in [1.54, 1.807) is 0 Å². The van der Waals surface area contributed by atoms with Gasteiger partial charge in [0, 0.05) is 19.1 Å². The van der Waals surface area contributed by atoms with Gasteiger partial charge >= 0.3 is 0 Å². The summed E-state index contributed by atoms with van der Waals surface area (Å²) in [5.74, 6) is 1.86. The van der Waals surface area contributed by atoms with E-state index in [1.807, 2.05) is 6.07 Å². The van der Waals surface area contributed by atoms with Crippen LogP contribution >= 0.6 is 31.9 Å². The first-order valence-electron chi connectivity index (χ1n) is 6.09. The molecule has 0 aromatic carbocycles.